The maximum atomic E-state index is 12.5. The van der Waals surface area contributed by atoms with E-state index in [2.05, 4.69) is 5.32 Å². The van der Waals surface area contributed by atoms with Crippen LogP contribution in [-0.4, -0.2) is 16.9 Å². The molecule has 24 heavy (non-hydrogen) atoms. The van der Waals surface area contributed by atoms with Gasteiger partial charge < -0.3 is 16.2 Å². The van der Waals surface area contributed by atoms with Gasteiger partial charge in [-0.15, -0.1) is 0 Å². The summed E-state index contributed by atoms with van der Waals surface area (Å²) >= 11 is 6.06. The minimum Gasteiger partial charge on any atom is -0.507 e. The van der Waals surface area contributed by atoms with Crippen LogP contribution in [0.5, 0.6) is 5.75 Å². The number of anilines is 1. The second-order valence-corrected chi connectivity index (χ2v) is 6.90. The van der Waals surface area contributed by atoms with Crippen molar-refractivity contribution in [1.82, 2.24) is 0 Å². The Morgan fingerprint density at radius 3 is 2.33 bits per heavy atom. The molecule has 0 aliphatic heterocycles. The molecule has 126 valence electrons. The molecule has 2 amide bonds. The van der Waals surface area contributed by atoms with E-state index in [9.17, 15) is 14.7 Å². The Kier molecular flexibility index (Phi) is 4.85. The molecule has 0 heterocycles. The summed E-state index contributed by atoms with van der Waals surface area (Å²) in [6.07, 6.45) is 0. The summed E-state index contributed by atoms with van der Waals surface area (Å²) in [5.41, 5.74) is 6.66. The molecule has 0 fully saturated rings. The van der Waals surface area contributed by atoms with Crippen LogP contribution in [0.15, 0.2) is 36.4 Å². The first kappa shape index (κ1) is 17.8. The van der Waals surface area contributed by atoms with Gasteiger partial charge in [0.05, 0.1) is 16.3 Å². The molecule has 2 aromatic carbocycles. The lowest BCUT2D eigenvalue weighted by atomic mass is 9.86. The van der Waals surface area contributed by atoms with Crippen molar-refractivity contribution in [2.24, 2.45) is 5.73 Å². The Balaban J connectivity index is 2.32. The molecule has 0 radical (unpaired) electrons. The molecule has 2 rings (SSSR count). The monoisotopic (exact) mass is 346 g/mol. The molecule has 6 heteroatoms. The zero-order chi connectivity index (χ0) is 18.1. The van der Waals surface area contributed by atoms with Crippen LogP contribution in [0.25, 0.3) is 0 Å². The van der Waals surface area contributed by atoms with E-state index in [1.165, 1.54) is 24.3 Å². The molecule has 0 unspecified atom stereocenters. The first-order chi connectivity index (χ1) is 11.1. The molecule has 0 aromatic heterocycles. The predicted octanol–water partition coefficient (Wildman–Crippen LogP) is 3.69. The van der Waals surface area contributed by atoms with Crippen molar-refractivity contribution in [3.8, 4) is 5.75 Å². The van der Waals surface area contributed by atoms with E-state index < -0.39 is 11.8 Å². The topological polar surface area (TPSA) is 92.4 Å². The van der Waals surface area contributed by atoms with E-state index in [0.717, 1.165) is 5.56 Å². The fraction of sp³-hybridized carbons (Fsp3) is 0.222. The largest absolute Gasteiger partial charge is 0.507 e. The molecule has 0 saturated heterocycles. The summed E-state index contributed by atoms with van der Waals surface area (Å²) in [6.45, 7) is 6.04. The van der Waals surface area contributed by atoms with E-state index in [-0.39, 0.29) is 27.3 Å². The Morgan fingerprint density at radius 2 is 1.79 bits per heavy atom. The summed E-state index contributed by atoms with van der Waals surface area (Å²) in [5, 5.41) is 12.8. The van der Waals surface area contributed by atoms with Crippen LogP contribution in [0.1, 0.15) is 47.1 Å². The molecule has 4 N–H and O–H groups in total. The van der Waals surface area contributed by atoms with Gasteiger partial charge in [-0.25, -0.2) is 0 Å². The number of amides is 2. The standard InChI is InChI=1S/C18H19ClN2O3/c1-18(2,3)11-5-7-15(22)12(9-11)17(24)21-14-6-4-10(16(20)23)8-13(14)19/h4-9,22H,1-3H3,(H2,20,23)(H,21,24). The number of halogens is 1. The lowest BCUT2D eigenvalue weighted by Crippen LogP contribution is -2.16. The third-order valence-electron chi connectivity index (χ3n) is 3.61. The van der Waals surface area contributed by atoms with Crippen molar-refractivity contribution >= 4 is 29.1 Å². The molecule has 5 nitrogen and oxygen atoms in total. The van der Waals surface area contributed by atoms with E-state index in [1.807, 2.05) is 20.8 Å². The van der Waals surface area contributed by atoms with Crippen LogP contribution in [0, 0.1) is 0 Å². The number of nitrogens with one attached hydrogen (secondary N) is 1. The van der Waals surface area contributed by atoms with Crippen molar-refractivity contribution < 1.29 is 14.7 Å². The lowest BCUT2D eigenvalue weighted by Gasteiger charge is -2.20. The molecular formula is C18H19ClN2O3. The molecule has 0 aliphatic rings. The minimum absolute atomic E-state index is 0.120. The van der Waals surface area contributed by atoms with E-state index in [1.54, 1.807) is 12.1 Å². The van der Waals surface area contributed by atoms with Gasteiger partial charge in [0.25, 0.3) is 5.91 Å². The zero-order valence-corrected chi connectivity index (χ0v) is 14.4. The van der Waals surface area contributed by atoms with Crippen LogP contribution in [0.2, 0.25) is 5.02 Å². The zero-order valence-electron chi connectivity index (χ0n) is 13.7. The molecule has 0 saturated carbocycles. The van der Waals surface area contributed by atoms with E-state index in [4.69, 9.17) is 17.3 Å². The number of carbonyl (C=O) groups is 2. The van der Waals surface area contributed by atoms with Gasteiger partial charge in [0.1, 0.15) is 5.75 Å². The van der Waals surface area contributed by atoms with Gasteiger partial charge in [-0.05, 0) is 41.3 Å². The first-order valence-corrected chi connectivity index (χ1v) is 7.71. The highest BCUT2D eigenvalue weighted by atomic mass is 35.5. The number of benzene rings is 2. The normalized spacial score (nSPS) is 11.2. The van der Waals surface area contributed by atoms with Gasteiger partial charge in [0.2, 0.25) is 5.91 Å². The Morgan fingerprint density at radius 1 is 1.12 bits per heavy atom. The quantitative estimate of drug-likeness (QED) is 0.791. The van der Waals surface area contributed by atoms with Crippen LogP contribution < -0.4 is 11.1 Å². The summed E-state index contributed by atoms with van der Waals surface area (Å²) < 4.78 is 0. The van der Waals surface area contributed by atoms with Gasteiger partial charge in [-0.2, -0.15) is 0 Å². The Hall–Kier alpha value is -2.53. The highest BCUT2D eigenvalue weighted by Gasteiger charge is 2.19. The smallest absolute Gasteiger partial charge is 0.259 e. The predicted molar refractivity (Wildman–Crippen MR) is 94.7 cm³/mol. The SMILES string of the molecule is CC(C)(C)c1ccc(O)c(C(=O)Nc2ccc(C(N)=O)cc2Cl)c1. The fourth-order valence-corrected chi connectivity index (χ4v) is 2.37. The minimum atomic E-state index is -0.606. The third kappa shape index (κ3) is 3.86. The number of rotatable bonds is 3. The van der Waals surface area contributed by atoms with Crippen LogP contribution in [0.3, 0.4) is 0 Å². The van der Waals surface area contributed by atoms with Gasteiger partial charge in [0.15, 0.2) is 0 Å². The number of phenols is 1. The van der Waals surface area contributed by atoms with Crippen molar-refractivity contribution in [2.75, 3.05) is 5.32 Å². The number of phenolic OH excluding ortho intramolecular Hbond substituents is 1. The van der Waals surface area contributed by atoms with Crippen LogP contribution in [0.4, 0.5) is 5.69 Å². The number of hydrogen-bond acceptors (Lipinski definition) is 3. The number of primary amides is 1. The summed E-state index contributed by atoms with van der Waals surface area (Å²) in [6, 6.07) is 9.26. The average molecular weight is 347 g/mol. The second-order valence-electron chi connectivity index (χ2n) is 6.49. The maximum absolute atomic E-state index is 12.5. The maximum Gasteiger partial charge on any atom is 0.259 e. The fourth-order valence-electron chi connectivity index (χ4n) is 2.14. The highest BCUT2D eigenvalue weighted by molar-refractivity contribution is 6.34. The number of carbonyl (C=O) groups excluding carboxylic acids is 2. The molecule has 2 aromatic rings. The van der Waals surface area contributed by atoms with Gasteiger partial charge in [-0.3, -0.25) is 9.59 Å². The van der Waals surface area contributed by atoms with Gasteiger partial charge in [0, 0.05) is 5.56 Å². The van der Waals surface area contributed by atoms with Gasteiger partial charge in [-0.1, -0.05) is 38.4 Å². The average Bonchev–Trinajstić information content (AvgIpc) is 2.48. The van der Waals surface area contributed by atoms with Crippen molar-refractivity contribution in [3.63, 3.8) is 0 Å². The molecular weight excluding hydrogens is 328 g/mol. The van der Waals surface area contributed by atoms with Gasteiger partial charge >= 0.3 is 0 Å². The van der Waals surface area contributed by atoms with Crippen LogP contribution >= 0.6 is 11.6 Å². The summed E-state index contributed by atoms with van der Waals surface area (Å²) in [4.78, 5) is 23.6. The number of nitrogens with two attached hydrogens (primary N) is 1. The van der Waals surface area contributed by atoms with Crippen molar-refractivity contribution in [2.45, 2.75) is 26.2 Å². The molecule has 0 spiro atoms. The third-order valence-corrected chi connectivity index (χ3v) is 3.92. The lowest BCUT2D eigenvalue weighted by molar-refractivity contribution is 0.0998. The number of hydrogen-bond donors (Lipinski definition) is 3. The highest BCUT2D eigenvalue weighted by Crippen LogP contribution is 2.29. The van der Waals surface area contributed by atoms with Crippen LogP contribution in [-0.2, 0) is 5.41 Å². The summed E-state index contributed by atoms with van der Waals surface area (Å²) in [7, 11) is 0. The second kappa shape index (κ2) is 6.53. The summed E-state index contributed by atoms with van der Waals surface area (Å²) in [5.74, 6) is -1.22. The van der Waals surface area contributed by atoms with E-state index in [0.29, 0.717) is 5.69 Å². The first-order valence-electron chi connectivity index (χ1n) is 7.34. The number of aromatic hydroxyl groups is 1. The molecule has 0 atom stereocenters. The van der Waals surface area contributed by atoms with Crippen molar-refractivity contribution in [1.29, 1.82) is 0 Å². The molecule has 0 bridgehead atoms. The van der Waals surface area contributed by atoms with E-state index >= 15 is 0 Å². The Bertz CT molecular complexity index is 810. The van der Waals surface area contributed by atoms with Crippen molar-refractivity contribution in [3.05, 3.63) is 58.1 Å². The Labute approximate surface area is 145 Å². The molecule has 0 aliphatic carbocycles.